The summed E-state index contributed by atoms with van der Waals surface area (Å²) in [5, 5.41) is 3.35. The average molecular weight is 491 g/mol. The van der Waals surface area contributed by atoms with Crippen LogP contribution in [0.15, 0.2) is 95.6 Å². The van der Waals surface area contributed by atoms with Gasteiger partial charge in [0, 0.05) is 22.3 Å². The number of pyridine rings is 1. The van der Waals surface area contributed by atoms with Crippen molar-refractivity contribution in [1.82, 2.24) is 4.98 Å². The molecule has 0 bridgehead atoms. The van der Waals surface area contributed by atoms with E-state index in [9.17, 15) is 0 Å². The monoisotopic (exact) mass is 490 g/mol. The van der Waals surface area contributed by atoms with Crippen molar-refractivity contribution >= 4 is 27.3 Å². The van der Waals surface area contributed by atoms with Crippen LogP contribution in [0, 0.1) is 0 Å². The Labute approximate surface area is 196 Å². The SMILES string of the molecule is COc1ccc(COc2cc(Br)cc(Nc3ccc(OCc4ccccc4)nc3)c2)cc1. The van der Waals surface area contributed by atoms with Crippen molar-refractivity contribution in [3.63, 3.8) is 0 Å². The number of methoxy groups -OCH3 is 1. The van der Waals surface area contributed by atoms with Crippen molar-refractivity contribution in [2.75, 3.05) is 12.4 Å². The number of anilines is 2. The molecule has 162 valence electrons. The van der Waals surface area contributed by atoms with E-state index in [0.717, 1.165) is 38.5 Å². The maximum Gasteiger partial charge on any atom is 0.213 e. The zero-order valence-corrected chi connectivity index (χ0v) is 19.2. The lowest BCUT2D eigenvalue weighted by Gasteiger charge is -2.12. The Morgan fingerprint density at radius 1 is 0.750 bits per heavy atom. The molecule has 0 amide bonds. The Balaban J connectivity index is 1.35. The Kier molecular flexibility index (Phi) is 7.25. The summed E-state index contributed by atoms with van der Waals surface area (Å²) in [6.07, 6.45) is 1.75. The highest BCUT2D eigenvalue weighted by Crippen LogP contribution is 2.28. The van der Waals surface area contributed by atoms with E-state index >= 15 is 0 Å². The van der Waals surface area contributed by atoms with Gasteiger partial charge in [0.15, 0.2) is 0 Å². The Morgan fingerprint density at radius 2 is 1.50 bits per heavy atom. The van der Waals surface area contributed by atoms with Crippen molar-refractivity contribution < 1.29 is 14.2 Å². The molecule has 0 saturated heterocycles. The number of nitrogens with one attached hydrogen (secondary N) is 1. The van der Waals surface area contributed by atoms with E-state index in [1.807, 2.05) is 84.9 Å². The summed E-state index contributed by atoms with van der Waals surface area (Å²) < 4.78 is 17.8. The Hall–Kier alpha value is -3.51. The first-order valence-electron chi connectivity index (χ1n) is 10.1. The highest BCUT2D eigenvalue weighted by atomic mass is 79.9. The zero-order chi connectivity index (χ0) is 22.2. The molecule has 4 rings (SSSR count). The first-order chi connectivity index (χ1) is 15.7. The van der Waals surface area contributed by atoms with Crippen molar-refractivity contribution in [3.8, 4) is 17.4 Å². The summed E-state index contributed by atoms with van der Waals surface area (Å²) in [6.45, 7) is 0.954. The third kappa shape index (κ3) is 6.25. The average Bonchev–Trinajstić information content (AvgIpc) is 2.83. The van der Waals surface area contributed by atoms with Gasteiger partial charge in [-0.3, -0.25) is 0 Å². The fourth-order valence-electron chi connectivity index (χ4n) is 3.04. The molecule has 32 heavy (non-hydrogen) atoms. The summed E-state index contributed by atoms with van der Waals surface area (Å²) in [7, 11) is 1.66. The summed E-state index contributed by atoms with van der Waals surface area (Å²) in [4.78, 5) is 4.39. The van der Waals surface area contributed by atoms with E-state index in [1.165, 1.54) is 0 Å². The number of hydrogen-bond donors (Lipinski definition) is 1. The smallest absolute Gasteiger partial charge is 0.213 e. The first kappa shape index (κ1) is 21.7. The van der Waals surface area contributed by atoms with Crippen LogP contribution < -0.4 is 19.5 Å². The second-order valence-electron chi connectivity index (χ2n) is 7.10. The minimum atomic E-state index is 0.467. The molecule has 1 aromatic heterocycles. The van der Waals surface area contributed by atoms with Gasteiger partial charge in [-0.15, -0.1) is 0 Å². The predicted octanol–water partition coefficient (Wildman–Crippen LogP) is 6.75. The summed E-state index contributed by atoms with van der Waals surface area (Å²) in [6, 6.07) is 27.5. The van der Waals surface area contributed by atoms with Gasteiger partial charge in [-0.1, -0.05) is 58.4 Å². The van der Waals surface area contributed by atoms with E-state index in [2.05, 4.69) is 26.2 Å². The lowest BCUT2D eigenvalue weighted by Crippen LogP contribution is -1.99. The molecule has 0 aliphatic heterocycles. The predicted molar refractivity (Wildman–Crippen MR) is 130 cm³/mol. The van der Waals surface area contributed by atoms with E-state index in [0.29, 0.717) is 19.1 Å². The van der Waals surface area contributed by atoms with Crippen LogP contribution in [-0.4, -0.2) is 12.1 Å². The molecule has 0 spiro atoms. The molecule has 0 fully saturated rings. The van der Waals surface area contributed by atoms with Crippen molar-refractivity contribution in [3.05, 3.63) is 107 Å². The standard InChI is InChI=1S/C26H23BrN2O3/c1-30-24-10-7-20(8-11-24)17-31-25-14-21(27)13-23(15-25)29-22-9-12-26(28-16-22)32-18-19-5-3-2-4-6-19/h2-16,29H,17-18H2,1H3. The van der Waals surface area contributed by atoms with Crippen LogP contribution in [0.3, 0.4) is 0 Å². The molecule has 1 heterocycles. The largest absolute Gasteiger partial charge is 0.497 e. The quantitative estimate of drug-likeness (QED) is 0.281. The number of halogens is 1. The highest BCUT2D eigenvalue weighted by molar-refractivity contribution is 9.10. The number of hydrogen-bond acceptors (Lipinski definition) is 5. The van der Waals surface area contributed by atoms with Gasteiger partial charge >= 0.3 is 0 Å². The highest BCUT2D eigenvalue weighted by Gasteiger charge is 2.04. The molecule has 0 aliphatic carbocycles. The van der Waals surface area contributed by atoms with Gasteiger partial charge < -0.3 is 19.5 Å². The molecule has 6 heteroatoms. The molecule has 0 atom stereocenters. The molecular weight excluding hydrogens is 468 g/mol. The lowest BCUT2D eigenvalue weighted by atomic mass is 10.2. The van der Waals surface area contributed by atoms with Crippen LogP contribution in [-0.2, 0) is 13.2 Å². The number of ether oxygens (including phenoxy) is 3. The fraction of sp³-hybridized carbons (Fsp3) is 0.115. The second kappa shape index (κ2) is 10.7. The normalized spacial score (nSPS) is 10.4. The summed E-state index contributed by atoms with van der Waals surface area (Å²) in [5.74, 6) is 2.17. The number of aromatic nitrogens is 1. The Morgan fingerprint density at radius 3 is 2.22 bits per heavy atom. The molecule has 3 aromatic carbocycles. The van der Waals surface area contributed by atoms with Crippen molar-refractivity contribution in [1.29, 1.82) is 0 Å². The zero-order valence-electron chi connectivity index (χ0n) is 17.6. The molecule has 0 saturated carbocycles. The fourth-order valence-corrected chi connectivity index (χ4v) is 3.52. The minimum Gasteiger partial charge on any atom is -0.497 e. The van der Waals surface area contributed by atoms with Crippen LogP contribution in [0.2, 0.25) is 0 Å². The number of nitrogens with zero attached hydrogens (tertiary/aromatic N) is 1. The van der Waals surface area contributed by atoms with Crippen molar-refractivity contribution in [2.45, 2.75) is 13.2 Å². The summed E-state index contributed by atoms with van der Waals surface area (Å²) >= 11 is 3.55. The molecule has 0 unspecified atom stereocenters. The molecular formula is C26H23BrN2O3. The number of benzene rings is 3. The van der Waals surface area contributed by atoms with Gasteiger partial charge in [-0.25, -0.2) is 4.98 Å². The van der Waals surface area contributed by atoms with Crippen LogP contribution >= 0.6 is 15.9 Å². The van der Waals surface area contributed by atoms with Crippen molar-refractivity contribution in [2.24, 2.45) is 0 Å². The number of rotatable bonds is 9. The van der Waals surface area contributed by atoms with Gasteiger partial charge in [0.1, 0.15) is 24.7 Å². The summed E-state index contributed by atoms with van der Waals surface area (Å²) in [5.41, 5.74) is 3.92. The van der Waals surface area contributed by atoms with Crippen LogP contribution in [0.4, 0.5) is 11.4 Å². The van der Waals surface area contributed by atoms with E-state index in [4.69, 9.17) is 14.2 Å². The van der Waals surface area contributed by atoms with Gasteiger partial charge in [0.25, 0.3) is 0 Å². The maximum atomic E-state index is 5.97. The topological polar surface area (TPSA) is 52.6 Å². The third-order valence-corrected chi connectivity index (χ3v) is 5.15. The molecule has 5 nitrogen and oxygen atoms in total. The first-order valence-corrected chi connectivity index (χ1v) is 10.9. The van der Waals surface area contributed by atoms with Gasteiger partial charge in [0.05, 0.1) is 19.0 Å². The van der Waals surface area contributed by atoms with Gasteiger partial charge in [-0.2, -0.15) is 0 Å². The van der Waals surface area contributed by atoms with E-state index in [-0.39, 0.29) is 0 Å². The minimum absolute atomic E-state index is 0.467. The van der Waals surface area contributed by atoms with Crippen LogP contribution in [0.1, 0.15) is 11.1 Å². The molecule has 1 N–H and O–H groups in total. The Bertz CT molecular complexity index is 1130. The van der Waals surface area contributed by atoms with E-state index < -0.39 is 0 Å². The van der Waals surface area contributed by atoms with Crippen LogP contribution in [0.25, 0.3) is 0 Å². The van der Waals surface area contributed by atoms with Gasteiger partial charge in [0.2, 0.25) is 5.88 Å². The molecule has 0 radical (unpaired) electrons. The van der Waals surface area contributed by atoms with Crippen LogP contribution in [0.5, 0.6) is 17.4 Å². The third-order valence-electron chi connectivity index (χ3n) is 4.69. The molecule has 0 aliphatic rings. The van der Waals surface area contributed by atoms with Gasteiger partial charge in [-0.05, 0) is 41.5 Å². The second-order valence-corrected chi connectivity index (χ2v) is 8.01. The maximum absolute atomic E-state index is 5.97. The lowest BCUT2D eigenvalue weighted by molar-refractivity contribution is 0.294. The molecule has 4 aromatic rings. The van der Waals surface area contributed by atoms with E-state index in [1.54, 1.807) is 13.3 Å².